The van der Waals surface area contributed by atoms with Crippen LogP contribution in [0.5, 0.6) is 0 Å². The first kappa shape index (κ1) is 29.2. The van der Waals surface area contributed by atoms with Gasteiger partial charge in [0.2, 0.25) is 0 Å². The van der Waals surface area contributed by atoms with Gasteiger partial charge in [-0.05, 0) is 65.0 Å². The van der Waals surface area contributed by atoms with Crippen LogP contribution in [0.3, 0.4) is 0 Å². The zero-order valence-electron chi connectivity index (χ0n) is 24.4. The van der Waals surface area contributed by atoms with Crippen LogP contribution in [0, 0.1) is 0 Å². The number of hydrogen-bond acceptors (Lipinski definition) is 8. The van der Waals surface area contributed by atoms with Crippen LogP contribution in [0.25, 0.3) is 21.9 Å². The lowest BCUT2D eigenvalue weighted by Crippen LogP contribution is -2.44. The van der Waals surface area contributed by atoms with E-state index < -0.39 is 0 Å². The molecule has 3 aromatic rings. The fourth-order valence-electron chi connectivity index (χ4n) is 5.27. The largest absolute Gasteiger partial charge is 0.382 e. The molecule has 1 fully saturated rings. The average molecular weight is 538 g/mol. The number of hydrogen-bond donors (Lipinski definition) is 1. The number of rotatable bonds is 15. The Morgan fingerprint density at radius 3 is 2.62 bits per heavy atom. The molecule has 0 amide bonds. The van der Waals surface area contributed by atoms with Crippen LogP contribution in [0.1, 0.15) is 51.8 Å². The highest BCUT2D eigenvalue weighted by Gasteiger charge is 2.20. The van der Waals surface area contributed by atoms with Crippen LogP contribution in [0.2, 0.25) is 0 Å². The molecular weight excluding hydrogens is 490 g/mol. The first-order chi connectivity index (χ1) is 18.9. The molecule has 39 heavy (non-hydrogen) atoms. The lowest BCUT2D eigenvalue weighted by molar-refractivity contribution is -0.118. The average Bonchev–Trinajstić information content (AvgIpc) is 3.29. The van der Waals surface area contributed by atoms with Crippen molar-refractivity contribution in [1.29, 1.82) is 0 Å². The van der Waals surface area contributed by atoms with Crippen molar-refractivity contribution >= 4 is 39.2 Å². The van der Waals surface area contributed by atoms with E-state index in [0.717, 1.165) is 106 Å². The number of ether oxygens (including phenoxy) is 1. The van der Waals surface area contributed by atoms with Gasteiger partial charge in [0.1, 0.15) is 17.1 Å². The van der Waals surface area contributed by atoms with Gasteiger partial charge in [0.05, 0.1) is 24.2 Å². The van der Waals surface area contributed by atoms with Crippen LogP contribution in [-0.4, -0.2) is 96.7 Å². The molecule has 0 atom stereocenters. The summed E-state index contributed by atoms with van der Waals surface area (Å²) in [5.41, 5.74) is 10.6. The van der Waals surface area contributed by atoms with Gasteiger partial charge < -0.3 is 29.7 Å². The number of pyridine rings is 1. The third kappa shape index (κ3) is 7.68. The predicted octanol–water partition coefficient (Wildman–Crippen LogP) is 3.97. The van der Waals surface area contributed by atoms with Crippen LogP contribution in [0.15, 0.2) is 18.2 Å². The number of Topliss-reactive ketones (excluding diaryl/α,β-unsaturated/α-hetero) is 1. The Morgan fingerprint density at radius 2 is 1.87 bits per heavy atom. The number of carbonyl (C=O) groups is 1. The fourth-order valence-corrected chi connectivity index (χ4v) is 5.27. The third-order valence-electron chi connectivity index (χ3n) is 7.78. The molecule has 1 aliphatic heterocycles. The van der Waals surface area contributed by atoms with Crippen molar-refractivity contribution in [3.8, 4) is 0 Å². The maximum absolute atomic E-state index is 11.1. The number of piperazine rings is 1. The molecule has 0 radical (unpaired) electrons. The topological polar surface area (TPSA) is 92.8 Å². The molecule has 9 heteroatoms. The number of unbranched alkanes of at least 4 members (excludes halogenated alkanes) is 2. The normalized spacial score (nSPS) is 14.7. The molecule has 2 aromatic heterocycles. The van der Waals surface area contributed by atoms with E-state index in [0.29, 0.717) is 25.5 Å². The molecule has 4 rings (SSSR count). The molecule has 0 unspecified atom stereocenters. The maximum atomic E-state index is 11.1. The maximum Gasteiger partial charge on any atom is 0.152 e. The minimum absolute atomic E-state index is 0.176. The van der Waals surface area contributed by atoms with Crippen molar-refractivity contribution in [3.05, 3.63) is 24.0 Å². The van der Waals surface area contributed by atoms with Crippen LogP contribution in [0.4, 0.5) is 11.5 Å². The van der Waals surface area contributed by atoms with Gasteiger partial charge >= 0.3 is 0 Å². The van der Waals surface area contributed by atoms with E-state index in [-0.39, 0.29) is 5.78 Å². The molecule has 1 saturated heterocycles. The quantitative estimate of drug-likeness (QED) is 0.291. The number of fused-ring (bicyclic) bond motifs is 3. The monoisotopic (exact) mass is 537 g/mol. The van der Waals surface area contributed by atoms with Crippen LogP contribution >= 0.6 is 0 Å². The second-order valence-electron chi connectivity index (χ2n) is 11.0. The molecular formula is C30H47N7O2. The lowest BCUT2D eigenvalue weighted by Gasteiger charge is -2.34. The lowest BCUT2D eigenvalue weighted by atomic mass is 10.1. The minimum atomic E-state index is 0.176. The Balaban J connectivity index is 1.50. The number of imidazole rings is 1. The number of likely N-dealkylation sites (N-methyl/N-ethyl adjacent to an activating group) is 2. The minimum Gasteiger partial charge on any atom is -0.382 e. The predicted molar refractivity (Wildman–Crippen MR) is 161 cm³/mol. The summed E-state index contributed by atoms with van der Waals surface area (Å²) in [5.74, 6) is 1.81. The smallest absolute Gasteiger partial charge is 0.152 e. The van der Waals surface area contributed by atoms with Crippen molar-refractivity contribution in [2.75, 3.05) is 77.2 Å². The Bertz CT molecular complexity index is 1230. The van der Waals surface area contributed by atoms with Gasteiger partial charge in [-0.1, -0.05) is 13.3 Å². The van der Waals surface area contributed by atoms with E-state index in [4.69, 9.17) is 20.4 Å². The summed E-state index contributed by atoms with van der Waals surface area (Å²) in [6.07, 6.45) is 5.82. The summed E-state index contributed by atoms with van der Waals surface area (Å²) in [5, 5.41) is 1.14. The molecule has 0 bridgehead atoms. The third-order valence-corrected chi connectivity index (χ3v) is 7.78. The zero-order chi connectivity index (χ0) is 27.8. The molecule has 2 N–H and O–H groups in total. The van der Waals surface area contributed by atoms with Crippen LogP contribution < -0.4 is 10.6 Å². The van der Waals surface area contributed by atoms with Crippen molar-refractivity contribution < 1.29 is 9.53 Å². The standard InChI is InChI=1S/C30H47N7O2/c1-5-6-9-27-33-28-29(37(27)14-8-7-13-34(3)19-21-39-20-12-23(2)38)25-22-24(10-11-26(25)32-30(28)31)36-17-15-35(4)16-18-36/h10-11,22H,5-9,12-21H2,1-4H3,(H2,31,32). The molecule has 9 nitrogen and oxygen atoms in total. The summed E-state index contributed by atoms with van der Waals surface area (Å²) in [4.78, 5) is 28.0. The Hall–Kier alpha value is -2.75. The van der Waals surface area contributed by atoms with E-state index >= 15 is 0 Å². The number of aromatic nitrogens is 3. The molecule has 0 aliphatic carbocycles. The summed E-state index contributed by atoms with van der Waals surface area (Å²) < 4.78 is 8.01. The summed E-state index contributed by atoms with van der Waals surface area (Å²) >= 11 is 0. The van der Waals surface area contributed by atoms with Gasteiger partial charge in [0, 0.05) is 63.2 Å². The number of benzene rings is 1. The number of anilines is 2. The SMILES string of the molecule is CCCCc1nc2c(N)nc3ccc(N4CCN(C)CC4)cc3c2n1CCCCN(C)CCOCCC(C)=O. The Morgan fingerprint density at radius 1 is 1.08 bits per heavy atom. The van der Waals surface area contributed by atoms with E-state index in [9.17, 15) is 4.79 Å². The highest BCUT2D eigenvalue weighted by atomic mass is 16.5. The number of nitrogens with zero attached hydrogens (tertiary/aromatic N) is 6. The first-order valence-corrected chi connectivity index (χ1v) is 14.6. The number of ketones is 1. The van der Waals surface area contributed by atoms with Crippen molar-refractivity contribution in [2.24, 2.45) is 0 Å². The molecule has 1 aliphatic rings. The Kier molecular flexibility index (Phi) is 10.5. The molecule has 1 aromatic carbocycles. The van der Waals surface area contributed by atoms with Crippen molar-refractivity contribution in [3.63, 3.8) is 0 Å². The fraction of sp³-hybridized carbons (Fsp3) is 0.633. The van der Waals surface area contributed by atoms with Gasteiger partial charge in [0.15, 0.2) is 5.82 Å². The van der Waals surface area contributed by atoms with Crippen molar-refractivity contribution in [2.45, 2.75) is 58.9 Å². The summed E-state index contributed by atoms with van der Waals surface area (Å²) in [6.45, 7) is 12.0. The molecule has 0 spiro atoms. The summed E-state index contributed by atoms with van der Waals surface area (Å²) in [7, 11) is 4.32. The second kappa shape index (κ2) is 14.1. The van der Waals surface area contributed by atoms with E-state index in [1.807, 2.05) is 0 Å². The van der Waals surface area contributed by atoms with Crippen molar-refractivity contribution in [1.82, 2.24) is 24.3 Å². The number of aryl methyl sites for hydroxylation is 2. The van der Waals surface area contributed by atoms with Gasteiger partial charge in [-0.2, -0.15) is 0 Å². The second-order valence-corrected chi connectivity index (χ2v) is 11.0. The zero-order valence-corrected chi connectivity index (χ0v) is 24.4. The number of nitrogens with two attached hydrogens (primary N) is 1. The first-order valence-electron chi connectivity index (χ1n) is 14.6. The molecule has 214 valence electrons. The number of carbonyl (C=O) groups excluding carboxylic acids is 1. The highest BCUT2D eigenvalue weighted by molar-refractivity contribution is 6.07. The van der Waals surface area contributed by atoms with E-state index in [2.05, 4.69) is 58.5 Å². The highest BCUT2D eigenvalue weighted by Crippen LogP contribution is 2.32. The van der Waals surface area contributed by atoms with E-state index in [1.165, 1.54) is 5.69 Å². The van der Waals surface area contributed by atoms with E-state index in [1.54, 1.807) is 6.92 Å². The van der Waals surface area contributed by atoms with Gasteiger partial charge in [-0.15, -0.1) is 0 Å². The van der Waals surface area contributed by atoms with Gasteiger partial charge in [-0.25, -0.2) is 9.97 Å². The van der Waals surface area contributed by atoms with Gasteiger partial charge in [-0.3, -0.25) is 4.79 Å². The molecule has 3 heterocycles. The van der Waals surface area contributed by atoms with Crippen LogP contribution in [-0.2, 0) is 22.5 Å². The van der Waals surface area contributed by atoms with Gasteiger partial charge in [0.25, 0.3) is 0 Å². The molecule has 0 saturated carbocycles. The summed E-state index contributed by atoms with van der Waals surface area (Å²) in [6, 6.07) is 6.61. The number of nitrogen functional groups attached to an aromatic ring is 1. The Labute approximate surface area is 233 Å².